The molecule has 29 heavy (non-hydrogen) atoms. The van der Waals surface area contributed by atoms with Crippen LogP contribution in [0.25, 0.3) is 0 Å². The lowest BCUT2D eigenvalue weighted by Gasteiger charge is -2.57. The number of phenolic OH excluding ortho intramolecular Hbond substituents is 1. The Kier molecular flexibility index (Phi) is 4.01. The minimum atomic E-state index is -1.41. The number of Topliss-reactive ketones (excluding diaryl/α,β-unsaturated/α-hetero) is 1. The number of ether oxygens (including phenoxy) is 1. The molecule has 0 aromatic heterocycles. The first-order chi connectivity index (χ1) is 13.4. The molecule has 2 bridgehead atoms. The van der Waals surface area contributed by atoms with Crippen molar-refractivity contribution in [1.82, 2.24) is 0 Å². The van der Waals surface area contributed by atoms with Crippen LogP contribution >= 0.6 is 0 Å². The Morgan fingerprint density at radius 3 is 2.55 bits per heavy atom. The lowest BCUT2D eigenvalue weighted by molar-refractivity contribution is -0.157. The van der Waals surface area contributed by atoms with Crippen LogP contribution in [0.1, 0.15) is 51.2 Å². The number of allylic oxidation sites excluding steroid dienone is 2. The van der Waals surface area contributed by atoms with E-state index in [1.807, 2.05) is 13.0 Å². The molecule has 3 atom stereocenters. The van der Waals surface area contributed by atoms with Crippen LogP contribution in [0.15, 0.2) is 47.6 Å². The Bertz CT molecular complexity index is 1040. The summed E-state index contributed by atoms with van der Waals surface area (Å²) in [5.74, 6) is -0.316. The summed E-state index contributed by atoms with van der Waals surface area (Å²) in [6.45, 7) is 8.57. The summed E-state index contributed by atoms with van der Waals surface area (Å²) in [7, 11) is 0. The highest BCUT2D eigenvalue weighted by Crippen LogP contribution is 2.63. The molecule has 0 amide bonds. The van der Waals surface area contributed by atoms with Gasteiger partial charge in [0.1, 0.15) is 16.9 Å². The molecule has 5 heteroatoms. The van der Waals surface area contributed by atoms with Crippen LogP contribution in [0, 0.1) is 12.3 Å². The lowest BCUT2D eigenvalue weighted by atomic mass is 9.49. The number of benzene rings is 1. The van der Waals surface area contributed by atoms with Gasteiger partial charge in [-0.15, -0.1) is 0 Å². The van der Waals surface area contributed by atoms with E-state index in [9.17, 15) is 19.8 Å². The molecule has 152 valence electrons. The molecule has 2 N–H and O–H groups in total. The molecule has 1 heterocycles. The van der Waals surface area contributed by atoms with E-state index in [4.69, 9.17) is 4.74 Å². The molecule has 1 aromatic carbocycles. The number of carbonyl (C=O) groups excluding carboxylic acids is 2. The summed E-state index contributed by atoms with van der Waals surface area (Å²) in [5, 5.41) is 20.7. The molecule has 3 aliphatic rings. The van der Waals surface area contributed by atoms with Crippen molar-refractivity contribution in [2.24, 2.45) is 5.41 Å². The summed E-state index contributed by atoms with van der Waals surface area (Å²) >= 11 is 0. The Hall–Kier alpha value is -2.66. The maximum atomic E-state index is 13.6. The number of fused-ring (bicyclic) bond motifs is 2. The molecular formula is C24H26O5. The molecule has 4 rings (SSSR count). The standard InChI is InChI=1S/C24H26O5/c1-13-8-17-16-11-18(25)14(2)9-19(16)29-24(12-13)21(27)15(3)10-20(26)23(17,24)7-6-22(4,5)28/h6-11,17,25,28H,12H2,1-5H3/b7-6+/t17-,23-,24+/m1/s1. The van der Waals surface area contributed by atoms with Gasteiger partial charge in [0.2, 0.25) is 5.78 Å². The van der Waals surface area contributed by atoms with Gasteiger partial charge in [0.15, 0.2) is 11.4 Å². The van der Waals surface area contributed by atoms with Crippen molar-refractivity contribution in [2.75, 3.05) is 0 Å². The maximum absolute atomic E-state index is 13.6. The molecule has 5 nitrogen and oxygen atoms in total. The zero-order valence-electron chi connectivity index (χ0n) is 17.4. The number of aryl methyl sites for hydroxylation is 1. The van der Waals surface area contributed by atoms with Crippen molar-refractivity contribution in [3.8, 4) is 11.5 Å². The third-order valence-corrected chi connectivity index (χ3v) is 6.32. The lowest BCUT2D eigenvalue weighted by Crippen LogP contribution is -2.68. The smallest absolute Gasteiger partial charge is 0.203 e. The van der Waals surface area contributed by atoms with Gasteiger partial charge in [-0.3, -0.25) is 9.59 Å². The number of ketones is 2. The monoisotopic (exact) mass is 394 g/mol. The first-order valence-corrected chi connectivity index (χ1v) is 9.81. The summed E-state index contributed by atoms with van der Waals surface area (Å²) in [4.78, 5) is 27.1. The molecule has 0 fully saturated rings. The largest absolute Gasteiger partial charge is 0.508 e. The SMILES string of the molecule is CC1=C[C@@H]2c3cc(O)c(C)cc3O[C@@]3(C1)C(=O)C(C)=CC(=O)[C@@]23/C=C/C(C)(C)O. The highest BCUT2D eigenvalue weighted by atomic mass is 16.5. The van der Waals surface area contributed by atoms with Crippen molar-refractivity contribution in [2.45, 2.75) is 58.2 Å². The second-order valence-corrected chi connectivity index (χ2v) is 9.15. The van der Waals surface area contributed by atoms with Crippen LogP contribution in [0.4, 0.5) is 0 Å². The molecule has 2 aliphatic carbocycles. The van der Waals surface area contributed by atoms with Gasteiger partial charge < -0.3 is 14.9 Å². The predicted molar refractivity (Wildman–Crippen MR) is 109 cm³/mol. The average Bonchev–Trinajstić information content (AvgIpc) is 2.60. The topological polar surface area (TPSA) is 83.8 Å². The third-order valence-electron chi connectivity index (χ3n) is 6.32. The fraction of sp³-hybridized carbons (Fsp3) is 0.417. The van der Waals surface area contributed by atoms with Crippen molar-refractivity contribution in [1.29, 1.82) is 0 Å². The number of rotatable bonds is 2. The number of carbonyl (C=O) groups is 2. The minimum absolute atomic E-state index is 0.111. The van der Waals surface area contributed by atoms with Gasteiger partial charge in [0, 0.05) is 17.9 Å². The van der Waals surface area contributed by atoms with E-state index in [2.05, 4.69) is 0 Å². The van der Waals surface area contributed by atoms with Crippen LogP contribution in [0.3, 0.4) is 0 Å². The summed E-state index contributed by atoms with van der Waals surface area (Å²) in [5.41, 5.74) is -1.28. The van der Waals surface area contributed by atoms with Crippen molar-refractivity contribution < 1.29 is 24.5 Å². The number of aliphatic hydroxyl groups is 1. The third kappa shape index (κ3) is 2.57. The molecule has 0 spiro atoms. The molecule has 0 saturated carbocycles. The quantitative estimate of drug-likeness (QED) is 0.748. The van der Waals surface area contributed by atoms with Gasteiger partial charge in [0.25, 0.3) is 0 Å². The van der Waals surface area contributed by atoms with Gasteiger partial charge in [-0.05, 0) is 64.0 Å². The van der Waals surface area contributed by atoms with E-state index < -0.39 is 22.5 Å². The van der Waals surface area contributed by atoms with Crippen molar-refractivity contribution >= 4 is 11.6 Å². The fourth-order valence-electron chi connectivity index (χ4n) is 4.95. The number of hydrogen-bond donors (Lipinski definition) is 2. The van der Waals surface area contributed by atoms with Gasteiger partial charge in [0.05, 0.1) is 5.60 Å². The van der Waals surface area contributed by atoms with E-state index in [1.165, 1.54) is 6.08 Å². The van der Waals surface area contributed by atoms with E-state index >= 15 is 0 Å². The van der Waals surface area contributed by atoms with Gasteiger partial charge in [-0.2, -0.15) is 0 Å². The molecule has 0 saturated heterocycles. The summed E-state index contributed by atoms with van der Waals surface area (Å²) < 4.78 is 6.43. The van der Waals surface area contributed by atoms with E-state index in [-0.39, 0.29) is 23.7 Å². The summed E-state index contributed by atoms with van der Waals surface area (Å²) in [6, 6.07) is 3.35. The molecule has 1 aromatic rings. The van der Waals surface area contributed by atoms with Crippen molar-refractivity contribution in [3.05, 3.63) is 58.7 Å². The normalized spacial score (nSPS) is 31.0. The second kappa shape index (κ2) is 5.92. The Balaban J connectivity index is 2.11. The molecule has 0 radical (unpaired) electrons. The van der Waals surface area contributed by atoms with Crippen molar-refractivity contribution in [3.63, 3.8) is 0 Å². The second-order valence-electron chi connectivity index (χ2n) is 9.15. The zero-order chi connectivity index (χ0) is 21.4. The minimum Gasteiger partial charge on any atom is -0.508 e. The Labute approximate surface area is 170 Å². The van der Waals surface area contributed by atoms with Gasteiger partial charge >= 0.3 is 0 Å². The fourth-order valence-corrected chi connectivity index (χ4v) is 4.95. The highest BCUT2D eigenvalue weighted by molar-refractivity contribution is 6.18. The van der Waals surface area contributed by atoms with Gasteiger partial charge in [-0.25, -0.2) is 0 Å². The van der Waals surface area contributed by atoms with Crippen LogP contribution in [-0.2, 0) is 9.59 Å². The predicted octanol–water partition coefficient (Wildman–Crippen LogP) is 3.68. The van der Waals surface area contributed by atoms with E-state index in [0.29, 0.717) is 22.4 Å². The van der Waals surface area contributed by atoms with E-state index in [1.54, 1.807) is 52.0 Å². The molecular weight excluding hydrogens is 368 g/mol. The van der Waals surface area contributed by atoms with E-state index in [0.717, 1.165) is 5.57 Å². The highest BCUT2D eigenvalue weighted by Gasteiger charge is 2.70. The maximum Gasteiger partial charge on any atom is 0.203 e. The van der Waals surface area contributed by atoms with Crippen LogP contribution in [-0.4, -0.2) is 33.0 Å². The molecule has 1 aliphatic heterocycles. The first kappa shape index (κ1) is 19.6. The van der Waals surface area contributed by atoms with Crippen LogP contribution in [0.5, 0.6) is 11.5 Å². The van der Waals surface area contributed by atoms with Crippen LogP contribution < -0.4 is 4.74 Å². The number of phenols is 1. The van der Waals surface area contributed by atoms with Gasteiger partial charge in [-0.1, -0.05) is 23.8 Å². The molecule has 0 unspecified atom stereocenters. The Morgan fingerprint density at radius 2 is 1.90 bits per heavy atom. The first-order valence-electron chi connectivity index (χ1n) is 9.81. The zero-order valence-corrected chi connectivity index (χ0v) is 17.4. The number of hydrogen-bond acceptors (Lipinski definition) is 5. The van der Waals surface area contributed by atoms with Crippen LogP contribution in [0.2, 0.25) is 0 Å². The Morgan fingerprint density at radius 1 is 1.21 bits per heavy atom. The average molecular weight is 394 g/mol. The number of aromatic hydroxyl groups is 1. The summed E-state index contributed by atoms with van der Waals surface area (Å²) in [6.07, 6.45) is 6.88.